The van der Waals surface area contributed by atoms with E-state index in [1.54, 1.807) is 11.0 Å². The molecule has 29 heavy (non-hydrogen) atoms. The summed E-state index contributed by atoms with van der Waals surface area (Å²) in [5.41, 5.74) is 3.48. The first-order chi connectivity index (χ1) is 14.0. The van der Waals surface area contributed by atoms with Gasteiger partial charge in [-0.15, -0.1) is 0 Å². The highest BCUT2D eigenvalue weighted by atomic mass is 16.4. The van der Waals surface area contributed by atoms with Crippen LogP contribution in [-0.4, -0.2) is 48.7 Å². The van der Waals surface area contributed by atoms with E-state index in [1.165, 1.54) is 0 Å². The van der Waals surface area contributed by atoms with Gasteiger partial charge in [0.2, 0.25) is 5.91 Å². The van der Waals surface area contributed by atoms with Gasteiger partial charge in [0.1, 0.15) is 0 Å². The van der Waals surface area contributed by atoms with E-state index >= 15 is 0 Å². The van der Waals surface area contributed by atoms with E-state index in [0.717, 1.165) is 42.9 Å². The summed E-state index contributed by atoms with van der Waals surface area (Å²) in [6.07, 6.45) is 2.14. The monoisotopic (exact) mass is 393 g/mol. The minimum Gasteiger partial charge on any atom is -0.423 e. The van der Waals surface area contributed by atoms with Crippen LogP contribution in [0, 0.1) is 5.92 Å². The maximum absolute atomic E-state index is 11.9. The Labute approximate surface area is 170 Å². The lowest BCUT2D eigenvalue weighted by atomic mass is 9.75. The van der Waals surface area contributed by atoms with Crippen molar-refractivity contribution < 1.29 is 19.6 Å². The average molecular weight is 393 g/mol. The Kier molecular flexibility index (Phi) is 5.55. The molecule has 0 aromatic heterocycles. The largest absolute Gasteiger partial charge is 0.488 e. The summed E-state index contributed by atoms with van der Waals surface area (Å²) in [7, 11) is -1.43. The van der Waals surface area contributed by atoms with Crippen LogP contribution in [0.1, 0.15) is 18.4 Å². The first-order valence-corrected chi connectivity index (χ1v) is 9.91. The van der Waals surface area contributed by atoms with Crippen molar-refractivity contribution in [2.45, 2.75) is 19.3 Å². The van der Waals surface area contributed by atoms with Crippen molar-refractivity contribution in [3.05, 3.63) is 54.1 Å². The number of nitrogens with zero attached hydrogens (tertiary/aromatic N) is 2. The molecule has 3 N–H and O–H groups in total. The van der Waals surface area contributed by atoms with Gasteiger partial charge < -0.3 is 14.9 Å². The molecule has 2 fully saturated rings. The fourth-order valence-corrected chi connectivity index (χ4v) is 3.99. The number of anilines is 2. The van der Waals surface area contributed by atoms with Gasteiger partial charge in [0.25, 0.3) is 0 Å². The molecule has 0 spiro atoms. The number of hydrogen-bond acceptors (Lipinski definition) is 5. The quantitative estimate of drug-likeness (QED) is 0.634. The molecule has 0 unspecified atom stereocenters. The van der Waals surface area contributed by atoms with Gasteiger partial charge in [-0.1, -0.05) is 24.3 Å². The van der Waals surface area contributed by atoms with Crippen LogP contribution in [0.15, 0.2) is 48.5 Å². The summed E-state index contributed by atoms with van der Waals surface area (Å²) >= 11 is 0. The molecule has 8 heteroatoms. The zero-order valence-electron chi connectivity index (χ0n) is 16.1. The highest BCUT2D eigenvalue weighted by Gasteiger charge is 2.28. The van der Waals surface area contributed by atoms with Crippen molar-refractivity contribution in [1.82, 2.24) is 5.32 Å². The number of imide groups is 1. The molecular formula is C21H24BN3O4. The molecule has 0 bridgehead atoms. The number of amides is 3. The van der Waals surface area contributed by atoms with Crippen LogP contribution in [0.4, 0.5) is 16.2 Å². The molecule has 7 nitrogen and oxygen atoms in total. The van der Waals surface area contributed by atoms with E-state index in [-0.39, 0.29) is 11.9 Å². The zero-order chi connectivity index (χ0) is 20.4. The summed E-state index contributed by atoms with van der Waals surface area (Å²) in [5, 5.41) is 21.3. The highest BCUT2D eigenvalue weighted by molar-refractivity contribution is 6.59. The number of carbonyl (C=O) groups excluding carboxylic acids is 2. The van der Waals surface area contributed by atoms with Gasteiger partial charge in [0.05, 0.1) is 0 Å². The third-order valence-corrected chi connectivity index (χ3v) is 5.69. The molecule has 2 aromatic carbocycles. The SMILES string of the molecule is O=C1CCN(c2ccc(N3CC(CCc4ccccc4B(O)O)C3)cc2)C(=O)N1. The minimum absolute atomic E-state index is 0.231. The molecule has 2 saturated heterocycles. The van der Waals surface area contributed by atoms with Gasteiger partial charge in [0.15, 0.2) is 0 Å². The van der Waals surface area contributed by atoms with Gasteiger partial charge in [-0.3, -0.25) is 15.0 Å². The molecule has 0 saturated carbocycles. The molecular weight excluding hydrogens is 369 g/mol. The van der Waals surface area contributed by atoms with E-state index in [4.69, 9.17) is 0 Å². The molecule has 0 aliphatic carbocycles. The predicted octanol–water partition coefficient (Wildman–Crippen LogP) is 0.882. The van der Waals surface area contributed by atoms with Crippen molar-refractivity contribution in [1.29, 1.82) is 0 Å². The third kappa shape index (κ3) is 4.28. The second-order valence-corrected chi connectivity index (χ2v) is 7.65. The predicted molar refractivity (Wildman–Crippen MR) is 112 cm³/mol. The minimum atomic E-state index is -1.43. The molecule has 4 rings (SSSR count). The molecule has 0 radical (unpaired) electrons. The molecule has 2 aromatic rings. The second-order valence-electron chi connectivity index (χ2n) is 7.65. The van der Waals surface area contributed by atoms with E-state index in [2.05, 4.69) is 10.2 Å². The normalized spacial score (nSPS) is 17.2. The molecule has 0 atom stereocenters. The van der Waals surface area contributed by atoms with Crippen molar-refractivity contribution in [2.24, 2.45) is 5.92 Å². The standard InChI is InChI=1S/C21H24BN3O4/c26-20-11-12-25(21(27)23-20)18-9-7-17(8-10-18)24-13-15(14-24)5-6-16-3-1-2-4-19(16)22(28)29/h1-4,7-10,15,28-29H,5-6,11-14H2,(H,23,26,27). The van der Waals surface area contributed by atoms with Crippen LogP contribution in [0.5, 0.6) is 0 Å². The fraction of sp³-hybridized carbons (Fsp3) is 0.333. The Morgan fingerprint density at radius 1 is 1.00 bits per heavy atom. The summed E-state index contributed by atoms with van der Waals surface area (Å²) in [4.78, 5) is 27.1. The Hall–Kier alpha value is -2.84. The van der Waals surface area contributed by atoms with Gasteiger partial charge in [-0.25, -0.2) is 4.79 Å². The Morgan fingerprint density at radius 2 is 1.69 bits per heavy atom. The van der Waals surface area contributed by atoms with E-state index in [9.17, 15) is 19.6 Å². The Morgan fingerprint density at radius 3 is 2.38 bits per heavy atom. The number of benzene rings is 2. The van der Waals surface area contributed by atoms with E-state index in [0.29, 0.717) is 24.3 Å². The summed E-state index contributed by atoms with van der Waals surface area (Å²) in [5.74, 6) is 0.336. The zero-order valence-corrected chi connectivity index (χ0v) is 16.1. The maximum Gasteiger partial charge on any atom is 0.488 e. The number of nitrogens with one attached hydrogen (secondary N) is 1. The van der Waals surface area contributed by atoms with Crippen molar-refractivity contribution in [3.63, 3.8) is 0 Å². The molecule has 3 amide bonds. The summed E-state index contributed by atoms with van der Waals surface area (Å²) < 4.78 is 0. The van der Waals surface area contributed by atoms with Crippen molar-refractivity contribution in [3.8, 4) is 0 Å². The number of aryl methyl sites for hydroxylation is 1. The van der Waals surface area contributed by atoms with E-state index < -0.39 is 7.12 Å². The van der Waals surface area contributed by atoms with Gasteiger partial charge in [-0.05, 0) is 54.1 Å². The lowest BCUT2D eigenvalue weighted by molar-refractivity contribution is -0.120. The number of carbonyl (C=O) groups is 2. The maximum atomic E-state index is 11.9. The lowest BCUT2D eigenvalue weighted by Gasteiger charge is -2.41. The lowest BCUT2D eigenvalue weighted by Crippen LogP contribution is -2.49. The van der Waals surface area contributed by atoms with Gasteiger partial charge >= 0.3 is 13.1 Å². The topological polar surface area (TPSA) is 93.1 Å². The van der Waals surface area contributed by atoms with Crippen LogP contribution >= 0.6 is 0 Å². The number of urea groups is 1. The third-order valence-electron chi connectivity index (χ3n) is 5.69. The van der Waals surface area contributed by atoms with Crippen molar-refractivity contribution in [2.75, 3.05) is 29.4 Å². The Bertz CT molecular complexity index is 897. The van der Waals surface area contributed by atoms with Gasteiger partial charge in [0, 0.05) is 37.4 Å². The van der Waals surface area contributed by atoms with Crippen LogP contribution in [-0.2, 0) is 11.2 Å². The van der Waals surface area contributed by atoms with Gasteiger partial charge in [-0.2, -0.15) is 0 Å². The summed E-state index contributed by atoms with van der Waals surface area (Å²) in [6, 6.07) is 14.9. The van der Waals surface area contributed by atoms with E-state index in [1.807, 2.05) is 42.5 Å². The van der Waals surface area contributed by atoms with Crippen LogP contribution in [0.2, 0.25) is 0 Å². The first-order valence-electron chi connectivity index (χ1n) is 9.91. The molecule has 2 aliphatic rings. The highest BCUT2D eigenvalue weighted by Crippen LogP contribution is 2.29. The van der Waals surface area contributed by atoms with Crippen molar-refractivity contribution >= 4 is 35.9 Å². The number of hydrogen-bond donors (Lipinski definition) is 3. The Balaban J connectivity index is 1.29. The van der Waals surface area contributed by atoms with Crippen LogP contribution in [0.3, 0.4) is 0 Å². The molecule has 2 heterocycles. The molecule has 150 valence electrons. The summed E-state index contributed by atoms with van der Waals surface area (Å²) in [6.45, 7) is 2.32. The fourth-order valence-electron chi connectivity index (χ4n) is 3.99. The first kappa shape index (κ1) is 19.5. The van der Waals surface area contributed by atoms with Crippen LogP contribution in [0.25, 0.3) is 0 Å². The van der Waals surface area contributed by atoms with Crippen LogP contribution < -0.4 is 20.6 Å². The molecule has 2 aliphatic heterocycles. The second kappa shape index (κ2) is 8.27. The number of rotatable bonds is 6. The smallest absolute Gasteiger partial charge is 0.423 e. The average Bonchev–Trinajstić information content (AvgIpc) is 2.67.